The lowest BCUT2D eigenvalue weighted by Gasteiger charge is -2.14. The highest BCUT2D eigenvalue weighted by Crippen LogP contribution is 2.38. The summed E-state index contributed by atoms with van der Waals surface area (Å²) >= 11 is 11.8. The molecule has 3 N–H and O–H groups in total. The van der Waals surface area contributed by atoms with E-state index in [4.69, 9.17) is 43.1 Å². The summed E-state index contributed by atoms with van der Waals surface area (Å²) in [6.07, 6.45) is 2.96. The minimum atomic E-state index is -0.615. The lowest BCUT2D eigenvalue weighted by Crippen LogP contribution is -2.20. The van der Waals surface area contributed by atoms with E-state index in [1.54, 1.807) is 18.2 Å². The predicted octanol–water partition coefficient (Wildman–Crippen LogP) is 2.72. The molecule has 1 heterocycles. The topological polar surface area (TPSA) is 108 Å². The summed E-state index contributed by atoms with van der Waals surface area (Å²) in [5.74, 6) is 0.717. The van der Waals surface area contributed by atoms with Crippen molar-refractivity contribution in [2.24, 2.45) is 10.8 Å². The Bertz CT molecular complexity index is 805. The highest BCUT2D eigenvalue weighted by atomic mass is 35.5. The number of hydrogen-bond acceptors (Lipinski definition) is 7. The van der Waals surface area contributed by atoms with E-state index in [0.29, 0.717) is 32.9 Å². The van der Waals surface area contributed by atoms with Gasteiger partial charge in [-0.25, -0.2) is 4.98 Å². The third kappa shape index (κ3) is 5.14. The molecule has 0 saturated carbocycles. The standard InChI is InChI=1S/C16H16Cl2N4O4/c1-24-12-3-9(4-13(25-2)15(12)26-8-14(19)23)6-21-22-16-11(18)5-10(17)7-20-16/h3-7H,8H2,1-2H3,(H2,19,23)(H,20,22)/b21-6-. The number of amides is 1. The number of primary amides is 1. The molecule has 0 unspecified atom stereocenters. The molecule has 0 bridgehead atoms. The summed E-state index contributed by atoms with van der Waals surface area (Å²) in [4.78, 5) is 15.0. The van der Waals surface area contributed by atoms with E-state index in [2.05, 4.69) is 15.5 Å². The molecule has 0 aliphatic heterocycles. The van der Waals surface area contributed by atoms with Gasteiger partial charge in [-0.3, -0.25) is 10.2 Å². The van der Waals surface area contributed by atoms with Crippen LogP contribution in [0.4, 0.5) is 5.82 Å². The number of aromatic nitrogens is 1. The van der Waals surface area contributed by atoms with Crippen molar-refractivity contribution in [3.63, 3.8) is 0 Å². The van der Waals surface area contributed by atoms with E-state index in [-0.39, 0.29) is 12.4 Å². The first kappa shape index (κ1) is 19.6. The Morgan fingerprint density at radius 1 is 1.27 bits per heavy atom. The number of rotatable bonds is 8. The zero-order chi connectivity index (χ0) is 19.1. The highest BCUT2D eigenvalue weighted by molar-refractivity contribution is 6.35. The minimum absolute atomic E-state index is 0.265. The van der Waals surface area contributed by atoms with Crippen LogP contribution in [0.5, 0.6) is 17.2 Å². The maximum absolute atomic E-state index is 10.9. The summed E-state index contributed by atoms with van der Waals surface area (Å²) in [7, 11) is 2.92. The average Bonchev–Trinajstić information content (AvgIpc) is 2.61. The molecule has 0 spiro atoms. The molecule has 2 aromatic rings. The number of nitrogens with two attached hydrogens (primary N) is 1. The molecule has 1 aromatic carbocycles. The Labute approximate surface area is 159 Å². The molecule has 0 radical (unpaired) electrons. The van der Waals surface area contributed by atoms with Crippen LogP contribution in [0.1, 0.15) is 5.56 Å². The first-order valence-corrected chi connectivity index (χ1v) is 7.97. The summed E-state index contributed by atoms with van der Waals surface area (Å²) in [5.41, 5.74) is 8.45. The minimum Gasteiger partial charge on any atom is -0.493 e. The van der Waals surface area contributed by atoms with Crippen molar-refractivity contribution in [1.29, 1.82) is 0 Å². The second-order valence-corrected chi connectivity index (χ2v) is 5.71. The molecule has 2 rings (SSSR count). The van der Waals surface area contributed by atoms with E-state index in [9.17, 15) is 4.79 Å². The van der Waals surface area contributed by atoms with Gasteiger partial charge in [-0.15, -0.1) is 0 Å². The van der Waals surface area contributed by atoms with Gasteiger partial charge < -0.3 is 19.9 Å². The van der Waals surface area contributed by atoms with Crippen LogP contribution in [0.3, 0.4) is 0 Å². The number of nitrogens with one attached hydrogen (secondary N) is 1. The number of halogens is 2. The third-order valence-electron chi connectivity index (χ3n) is 3.03. The zero-order valence-electron chi connectivity index (χ0n) is 14.0. The molecule has 0 aliphatic carbocycles. The van der Waals surface area contributed by atoms with Gasteiger partial charge in [-0.05, 0) is 18.2 Å². The molecule has 1 amide bonds. The number of methoxy groups -OCH3 is 2. The SMILES string of the molecule is COc1cc(/C=N\Nc2ncc(Cl)cc2Cl)cc(OC)c1OCC(N)=O. The lowest BCUT2D eigenvalue weighted by atomic mass is 10.2. The van der Waals surface area contributed by atoms with Gasteiger partial charge in [0, 0.05) is 11.8 Å². The van der Waals surface area contributed by atoms with Gasteiger partial charge in [0.1, 0.15) is 0 Å². The van der Waals surface area contributed by atoms with Crippen molar-refractivity contribution in [3.05, 3.63) is 40.0 Å². The van der Waals surface area contributed by atoms with Gasteiger partial charge in [0.05, 0.1) is 30.5 Å². The quantitative estimate of drug-likeness (QED) is 0.522. The number of benzene rings is 1. The molecule has 10 heteroatoms. The second-order valence-electron chi connectivity index (χ2n) is 4.86. The van der Waals surface area contributed by atoms with E-state index in [1.165, 1.54) is 26.6 Å². The molecule has 26 heavy (non-hydrogen) atoms. The number of carbonyl (C=O) groups is 1. The number of nitrogens with zero attached hydrogens (tertiary/aromatic N) is 2. The molecule has 0 aliphatic rings. The molecule has 0 fully saturated rings. The van der Waals surface area contributed by atoms with Crippen molar-refractivity contribution in [3.8, 4) is 17.2 Å². The monoisotopic (exact) mass is 398 g/mol. The van der Waals surface area contributed by atoms with E-state index >= 15 is 0 Å². The number of ether oxygens (including phenoxy) is 3. The fraction of sp³-hybridized carbons (Fsp3) is 0.188. The zero-order valence-corrected chi connectivity index (χ0v) is 15.5. The Balaban J connectivity index is 2.22. The lowest BCUT2D eigenvalue weighted by molar-refractivity contribution is -0.119. The van der Waals surface area contributed by atoms with Crippen molar-refractivity contribution in [2.45, 2.75) is 0 Å². The van der Waals surface area contributed by atoms with Crippen molar-refractivity contribution >= 4 is 41.1 Å². The maximum atomic E-state index is 10.9. The van der Waals surface area contributed by atoms with Gasteiger partial charge in [0.25, 0.3) is 5.91 Å². The smallest absolute Gasteiger partial charge is 0.255 e. The van der Waals surface area contributed by atoms with E-state index in [0.717, 1.165) is 0 Å². The van der Waals surface area contributed by atoms with Crippen LogP contribution in [0.25, 0.3) is 0 Å². The highest BCUT2D eigenvalue weighted by Gasteiger charge is 2.14. The van der Waals surface area contributed by atoms with Gasteiger partial charge in [-0.2, -0.15) is 5.10 Å². The predicted molar refractivity (Wildman–Crippen MR) is 99.7 cm³/mol. The van der Waals surface area contributed by atoms with Gasteiger partial charge >= 0.3 is 0 Å². The molecule has 8 nitrogen and oxygen atoms in total. The van der Waals surface area contributed by atoms with Crippen LogP contribution in [0.2, 0.25) is 10.0 Å². The Morgan fingerprint density at radius 3 is 2.46 bits per heavy atom. The second kappa shape index (κ2) is 9.12. The van der Waals surface area contributed by atoms with E-state index < -0.39 is 5.91 Å². The number of pyridine rings is 1. The number of carbonyl (C=O) groups excluding carboxylic acids is 1. The summed E-state index contributed by atoms with van der Waals surface area (Å²) in [6.45, 7) is -0.303. The Morgan fingerprint density at radius 2 is 1.92 bits per heavy atom. The summed E-state index contributed by atoms with van der Waals surface area (Å²) in [6, 6.07) is 4.85. The van der Waals surface area contributed by atoms with Crippen molar-refractivity contribution in [1.82, 2.24) is 4.98 Å². The molecule has 138 valence electrons. The van der Waals surface area contributed by atoms with Crippen molar-refractivity contribution < 1.29 is 19.0 Å². The van der Waals surface area contributed by atoms with Crippen molar-refractivity contribution in [2.75, 3.05) is 26.3 Å². The first-order valence-electron chi connectivity index (χ1n) is 7.21. The maximum Gasteiger partial charge on any atom is 0.255 e. The van der Waals surface area contributed by atoms with Gasteiger partial charge in [0.2, 0.25) is 5.75 Å². The van der Waals surface area contributed by atoms with Crippen LogP contribution in [-0.4, -0.2) is 37.9 Å². The Kier molecular flexibility index (Phi) is 6.88. The normalized spacial score (nSPS) is 10.6. The molecular formula is C16H16Cl2N4O4. The summed E-state index contributed by atoms with van der Waals surface area (Å²) < 4.78 is 15.9. The molecule has 0 saturated heterocycles. The van der Waals surface area contributed by atoms with Gasteiger partial charge in [0.15, 0.2) is 23.9 Å². The van der Waals surface area contributed by atoms with E-state index in [1.807, 2.05) is 0 Å². The third-order valence-corrected chi connectivity index (χ3v) is 3.53. The summed E-state index contributed by atoms with van der Waals surface area (Å²) in [5, 5.41) is 4.82. The number of hydrazone groups is 1. The fourth-order valence-electron chi connectivity index (χ4n) is 1.93. The Hall–Kier alpha value is -2.71. The van der Waals surface area contributed by atoms with Crippen LogP contribution in [0, 0.1) is 0 Å². The average molecular weight is 399 g/mol. The first-order chi connectivity index (χ1) is 12.4. The number of anilines is 1. The largest absolute Gasteiger partial charge is 0.493 e. The van der Waals surface area contributed by atoms with Crippen LogP contribution >= 0.6 is 23.2 Å². The molecule has 1 aromatic heterocycles. The van der Waals surface area contributed by atoms with Crippen LogP contribution in [-0.2, 0) is 4.79 Å². The number of hydrogen-bond donors (Lipinski definition) is 2. The molecular weight excluding hydrogens is 383 g/mol. The van der Waals surface area contributed by atoms with Crippen LogP contribution < -0.4 is 25.4 Å². The fourth-order valence-corrected chi connectivity index (χ4v) is 2.35. The van der Waals surface area contributed by atoms with Gasteiger partial charge in [-0.1, -0.05) is 23.2 Å². The van der Waals surface area contributed by atoms with Crippen LogP contribution in [0.15, 0.2) is 29.5 Å². The molecule has 0 atom stereocenters.